The van der Waals surface area contributed by atoms with Gasteiger partial charge in [-0.25, -0.2) is 4.79 Å². The molecular formula is C26H31ClN6O2S. The number of piperazine rings is 1. The summed E-state index contributed by atoms with van der Waals surface area (Å²) in [6, 6.07) is 15.5. The lowest BCUT2D eigenvalue weighted by Crippen LogP contribution is -2.56. The van der Waals surface area contributed by atoms with Gasteiger partial charge in [0.25, 0.3) is 0 Å². The van der Waals surface area contributed by atoms with Crippen LogP contribution in [0.5, 0.6) is 0 Å². The van der Waals surface area contributed by atoms with Crippen LogP contribution in [0.15, 0.2) is 65.0 Å². The van der Waals surface area contributed by atoms with Gasteiger partial charge in [-0.05, 0) is 29.8 Å². The number of aromatic nitrogens is 1. The van der Waals surface area contributed by atoms with Crippen molar-refractivity contribution < 1.29 is 9.59 Å². The molecule has 1 aromatic heterocycles. The molecule has 0 aliphatic carbocycles. The Morgan fingerprint density at radius 1 is 1.06 bits per heavy atom. The lowest BCUT2D eigenvalue weighted by Gasteiger charge is -2.36. The summed E-state index contributed by atoms with van der Waals surface area (Å²) >= 11 is 7.57. The predicted octanol–water partition coefficient (Wildman–Crippen LogP) is 3.35. The molecule has 10 heteroatoms. The number of thiazole rings is 1. The van der Waals surface area contributed by atoms with E-state index in [-0.39, 0.29) is 5.91 Å². The van der Waals surface area contributed by atoms with Gasteiger partial charge in [-0.3, -0.25) is 14.7 Å². The van der Waals surface area contributed by atoms with Gasteiger partial charge in [0.2, 0.25) is 5.91 Å². The van der Waals surface area contributed by atoms with Gasteiger partial charge >= 0.3 is 6.03 Å². The molecule has 3 amide bonds. The van der Waals surface area contributed by atoms with Crippen LogP contribution in [0.1, 0.15) is 11.3 Å². The number of amides is 3. The highest BCUT2D eigenvalue weighted by molar-refractivity contribution is 7.07. The Labute approximate surface area is 220 Å². The second-order valence-electron chi connectivity index (χ2n) is 8.74. The summed E-state index contributed by atoms with van der Waals surface area (Å²) in [5.41, 5.74) is 2.81. The average molecular weight is 527 g/mol. The zero-order valence-corrected chi connectivity index (χ0v) is 22.1. The second-order valence-corrected chi connectivity index (χ2v) is 10.0. The summed E-state index contributed by atoms with van der Waals surface area (Å²) in [5, 5.41) is 8.41. The van der Waals surface area contributed by atoms with E-state index in [0.717, 1.165) is 30.0 Å². The third kappa shape index (κ3) is 6.75. The molecule has 8 nitrogen and oxygen atoms in total. The highest BCUT2D eigenvalue weighted by Crippen LogP contribution is 2.15. The molecule has 36 heavy (non-hydrogen) atoms. The summed E-state index contributed by atoms with van der Waals surface area (Å²) < 4.78 is 2.11. The van der Waals surface area contributed by atoms with Crippen LogP contribution in [-0.4, -0.2) is 65.6 Å². The van der Waals surface area contributed by atoms with Crippen LogP contribution in [0.3, 0.4) is 0 Å². The van der Waals surface area contributed by atoms with Crippen LogP contribution in [0.4, 0.5) is 10.5 Å². The zero-order chi connectivity index (χ0) is 25.5. The number of urea groups is 1. The fourth-order valence-electron chi connectivity index (χ4n) is 4.23. The Balaban J connectivity index is 1.39. The standard InChI is InChI=1S/C26H31ClN6O2S/c1-28-26-31(2)22(18-36-26)17-32-12-14-33(15-13-32)24(34)23(16-19-6-4-3-5-7-19)30-25(35)29-21-10-8-20(27)9-11-21/h3-11,18,23H,12-17H2,1-2H3,(H2,29,30,35)/t23-/m1/s1. The first-order valence-corrected chi connectivity index (χ1v) is 13.1. The predicted molar refractivity (Wildman–Crippen MR) is 144 cm³/mol. The highest BCUT2D eigenvalue weighted by atomic mass is 35.5. The molecule has 0 spiro atoms. The quantitative estimate of drug-likeness (QED) is 0.495. The maximum Gasteiger partial charge on any atom is 0.319 e. The van der Waals surface area contributed by atoms with Crippen molar-refractivity contribution in [3.8, 4) is 0 Å². The molecule has 1 aliphatic heterocycles. The SMILES string of the molecule is CN=c1scc(CN2CCN(C(=O)[C@@H](Cc3ccccc3)NC(=O)Nc3ccc(Cl)cc3)CC2)n1C. The molecule has 0 unspecified atom stereocenters. The maximum absolute atomic E-state index is 13.5. The lowest BCUT2D eigenvalue weighted by atomic mass is 10.0. The van der Waals surface area contributed by atoms with E-state index in [4.69, 9.17) is 11.6 Å². The van der Waals surface area contributed by atoms with Crippen LogP contribution in [-0.2, 0) is 24.8 Å². The van der Waals surface area contributed by atoms with Crippen molar-refractivity contribution in [3.05, 3.63) is 81.1 Å². The van der Waals surface area contributed by atoms with E-state index in [1.54, 1.807) is 42.6 Å². The van der Waals surface area contributed by atoms with Crippen molar-refractivity contribution in [1.29, 1.82) is 0 Å². The van der Waals surface area contributed by atoms with E-state index in [1.165, 1.54) is 5.69 Å². The van der Waals surface area contributed by atoms with Crippen molar-refractivity contribution in [2.45, 2.75) is 19.0 Å². The first-order chi connectivity index (χ1) is 17.4. The Bertz CT molecular complexity index is 1230. The molecule has 2 heterocycles. The maximum atomic E-state index is 13.5. The van der Waals surface area contributed by atoms with Crippen LogP contribution in [0.25, 0.3) is 0 Å². The van der Waals surface area contributed by atoms with Crippen LogP contribution in [0, 0.1) is 0 Å². The molecule has 3 aromatic rings. The van der Waals surface area contributed by atoms with E-state index in [0.29, 0.717) is 30.2 Å². The Morgan fingerprint density at radius 3 is 2.39 bits per heavy atom. The molecule has 0 bridgehead atoms. The third-order valence-electron chi connectivity index (χ3n) is 6.27. The molecule has 1 aliphatic rings. The van der Waals surface area contributed by atoms with Crippen molar-refractivity contribution >= 4 is 40.6 Å². The molecule has 2 aromatic carbocycles. The lowest BCUT2D eigenvalue weighted by molar-refractivity contribution is -0.135. The highest BCUT2D eigenvalue weighted by Gasteiger charge is 2.29. The third-order valence-corrected chi connectivity index (χ3v) is 7.58. The molecule has 1 atom stereocenters. The minimum Gasteiger partial charge on any atom is -0.338 e. The fraction of sp³-hybridized carbons (Fsp3) is 0.346. The summed E-state index contributed by atoms with van der Waals surface area (Å²) in [6.45, 7) is 3.59. The Kier molecular flexibility index (Phi) is 8.79. The van der Waals surface area contributed by atoms with E-state index < -0.39 is 12.1 Å². The molecule has 1 saturated heterocycles. The summed E-state index contributed by atoms with van der Waals surface area (Å²) in [5.74, 6) is -0.0714. The molecule has 2 N–H and O–H groups in total. The molecule has 4 rings (SSSR count). The van der Waals surface area contributed by atoms with Gasteiger partial charge in [-0.1, -0.05) is 41.9 Å². The van der Waals surface area contributed by atoms with Gasteiger partial charge in [0.05, 0.1) is 0 Å². The summed E-state index contributed by atoms with van der Waals surface area (Å²) in [4.78, 5) is 35.8. The molecule has 190 valence electrons. The molecule has 0 radical (unpaired) electrons. The summed E-state index contributed by atoms with van der Waals surface area (Å²) in [7, 11) is 3.83. The number of carbonyl (C=O) groups excluding carboxylic acids is 2. The van der Waals surface area contributed by atoms with Gasteiger partial charge < -0.3 is 20.1 Å². The first kappa shape index (κ1) is 25.9. The van der Waals surface area contributed by atoms with Gasteiger partial charge in [0, 0.05) is 75.0 Å². The number of hydrogen-bond acceptors (Lipinski definition) is 5. The average Bonchev–Trinajstić information content (AvgIpc) is 3.24. The van der Waals surface area contributed by atoms with Gasteiger partial charge in [0.15, 0.2) is 4.80 Å². The number of carbonyl (C=O) groups is 2. The van der Waals surface area contributed by atoms with E-state index in [2.05, 4.69) is 30.5 Å². The molecule has 1 fully saturated rings. The first-order valence-electron chi connectivity index (χ1n) is 11.9. The van der Waals surface area contributed by atoms with E-state index >= 15 is 0 Å². The summed E-state index contributed by atoms with van der Waals surface area (Å²) in [6.07, 6.45) is 0.419. The smallest absolute Gasteiger partial charge is 0.319 e. The number of nitrogens with one attached hydrogen (secondary N) is 2. The Morgan fingerprint density at radius 2 is 1.75 bits per heavy atom. The minimum atomic E-state index is -0.672. The van der Waals surface area contributed by atoms with Crippen LogP contribution in [0.2, 0.25) is 5.02 Å². The van der Waals surface area contributed by atoms with E-state index in [9.17, 15) is 9.59 Å². The second kappa shape index (κ2) is 12.2. The van der Waals surface area contributed by atoms with Crippen molar-refractivity contribution in [3.63, 3.8) is 0 Å². The monoisotopic (exact) mass is 526 g/mol. The van der Waals surface area contributed by atoms with Crippen LogP contribution >= 0.6 is 22.9 Å². The largest absolute Gasteiger partial charge is 0.338 e. The van der Waals surface area contributed by atoms with Gasteiger partial charge in [-0.2, -0.15) is 0 Å². The number of benzene rings is 2. The number of anilines is 1. The number of nitrogens with zero attached hydrogens (tertiary/aromatic N) is 4. The van der Waals surface area contributed by atoms with Crippen molar-refractivity contribution in [2.24, 2.45) is 12.0 Å². The van der Waals surface area contributed by atoms with Crippen LogP contribution < -0.4 is 15.4 Å². The minimum absolute atomic E-state index is 0.0714. The molecule has 0 saturated carbocycles. The van der Waals surface area contributed by atoms with Crippen molar-refractivity contribution in [1.82, 2.24) is 19.7 Å². The topological polar surface area (TPSA) is 82.0 Å². The number of halogens is 1. The van der Waals surface area contributed by atoms with Gasteiger partial charge in [0.1, 0.15) is 6.04 Å². The van der Waals surface area contributed by atoms with Gasteiger partial charge in [-0.15, -0.1) is 11.3 Å². The number of rotatable bonds is 7. The fourth-order valence-corrected chi connectivity index (χ4v) is 5.21. The van der Waals surface area contributed by atoms with Crippen molar-refractivity contribution in [2.75, 3.05) is 38.5 Å². The molecular weight excluding hydrogens is 496 g/mol. The Hall–Kier alpha value is -3.14. The number of hydrogen-bond donors (Lipinski definition) is 2. The van der Waals surface area contributed by atoms with E-state index in [1.807, 2.05) is 42.3 Å². The normalized spacial score (nSPS) is 15.5. The zero-order valence-electron chi connectivity index (χ0n) is 20.5.